The Bertz CT molecular complexity index is 919. The molecule has 3 saturated carbocycles. The van der Waals surface area contributed by atoms with Crippen molar-refractivity contribution in [2.24, 2.45) is 39.9 Å². The minimum absolute atomic E-state index is 0.0732. The Morgan fingerprint density at radius 1 is 1.09 bits per heavy atom. The van der Waals surface area contributed by atoms with Gasteiger partial charge in [0.15, 0.2) is 0 Å². The fourth-order valence-electron chi connectivity index (χ4n) is 10.9. The summed E-state index contributed by atoms with van der Waals surface area (Å²) in [5.41, 5.74) is -0.157. The van der Waals surface area contributed by atoms with E-state index in [-0.39, 0.29) is 58.0 Å². The average Bonchev–Trinajstić information content (AvgIpc) is 3.36. The Morgan fingerprint density at radius 3 is 2.54 bits per heavy atom. The number of esters is 2. The summed E-state index contributed by atoms with van der Waals surface area (Å²) in [6, 6.07) is 0.301. The average molecular weight is 488 g/mol. The van der Waals surface area contributed by atoms with Crippen LogP contribution in [0, 0.1) is 39.9 Å². The third-order valence-corrected chi connectivity index (χ3v) is 11.8. The van der Waals surface area contributed by atoms with Crippen LogP contribution in [0.25, 0.3) is 0 Å². The number of methoxy groups -OCH3 is 1. The second-order valence-electron chi connectivity index (χ2n) is 14.0. The molecule has 6 fully saturated rings. The maximum Gasteiger partial charge on any atom is 0.309 e. The van der Waals surface area contributed by atoms with Gasteiger partial charge in [0.05, 0.1) is 24.0 Å². The summed E-state index contributed by atoms with van der Waals surface area (Å²) in [6.07, 6.45) is 8.33. The number of nitrogens with zero attached hydrogens (tertiary/aromatic N) is 1. The summed E-state index contributed by atoms with van der Waals surface area (Å²) < 4.78 is 18.9. The van der Waals surface area contributed by atoms with Gasteiger partial charge in [-0.25, -0.2) is 0 Å². The first-order valence-corrected chi connectivity index (χ1v) is 14.2. The van der Waals surface area contributed by atoms with Crippen molar-refractivity contribution in [3.05, 3.63) is 0 Å². The van der Waals surface area contributed by atoms with Gasteiger partial charge in [-0.2, -0.15) is 0 Å². The van der Waals surface area contributed by atoms with Gasteiger partial charge in [0, 0.05) is 24.9 Å². The molecule has 3 aliphatic carbocycles. The van der Waals surface area contributed by atoms with Crippen molar-refractivity contribution in [3.8, 4) is 0 Å². The molecule has 10 atom stereocenters. The normalized spacial score (nSPS) is 51.3. The molecule has 1 unspecified atom stereocenters. The summed E-state index contributed by atoms with van der Waals surface area (Å²) in [6.45, 7) is 12.6. The SMILES string of the molecule is CCCC(=O)O[C@@H]1C[C@H]2C(C)(C)CCC[C@]2(C)[C@H]2CC[C@@H](C(=O)OC)[C@H]3[C@@H]4C[C@]5(C)CN4C(O5)[C@]321. The van der Waals surface area contributed by atoms with Crippen molar-refractivity contribution in [3.63, 3.8) is 0 Å². The van der Waals surface area contributed by atoms with Crippen LogP contribution in [0.5, 0.6) is 0 Å². The highest BCUT2D eigenvalue weighted by atomic mass is 16.6. The van der Waals surface area contributed by atoms with Gasteiger partial charge in [-0.15, -0.1) is 0 Å². The van der Waals surface area contributed by atoms with E-state index in [0.717, 1.165) is 38.6 Å². The molecule has 3 saturated heterocycles. The van der Waals surface area contributed by atoms with Gasteiger partial charge >= 0.3 is 11.9 Å². The summed E-state index contributed by atoms with van der Waals surface area (Å²) >= 11 is 0. The van der Waals surface area contributed by atoms with Crippen LogP contribution in [0.2, 0.25) is 0 Å². The quantitative estimate of drug-likeness (QED) is 0.524. The lowest BCUT2D eigenvalue weighted by Gasteiger charge is -2.68. The lowest BCUT2D eigenvalue weighted by atomic mass is 9.37. The molecule has 3 heterocycles. The highest BCUT2D eigenvalue weighted by Gasteiger charge is 2.81. The Labute approximate surface area is 210 Å². The number of rotatable bonds is 4. The minimum atomic E-state index is -0.349. The zero-order valence-corrected chi connectivity index (χ0v) is 22.6. The molecule has 0 amide bonds. The second kappa shape index (κ2) is 7.69. The van der Waals surface area contributed by atoms with Gasteiger partial charge in [0.25, 0.3) is 0 Å². The number of fused-ring (bicyclic) bond motifs is 4. The minimum Gasteiger partial charge on any atom is -0.469 e. The molecular formula is C29H45NO5. The van der Waals surface area contributed by atoms with Crippen LogP contribution in [-0.4, -0.2) is 54.5 Å². The molecule has 0 aromatic heterocycles. The van der Waals surface area contributed by atoms with Gasteiger partial charge in [-0.3, -0.25) is 14.5 Å². The van der Waals surface area contributed by atoms with E-state index in [1.165, 1.54) is 26.4 Å². The van der Waals surface area contributed by atoms with Crippen LogP contribution >= 0.6 is 0 Å². The fourth-order valence-corrected chi connectivity index (χ4v) is 10.9. The molecule has 0 N–H and O–H groups in total. The predicted molar refractivity (Wildman–Crippen MR) is 131 cm³/mol. The third-order valence-electron chi connectivity index (χ3n) is 11.8. The molecule has 3 aliphatic heterocycles. The zero-order valence-electron chi connectivity index (χ0n) is 22.6. The molecular weight excluding hydrogens is 442 g/mol. The number of hydrogen-bond donors (Lipinski definition) is 0. The standard InChI is InChI=1S/C29H45NO5/c1-7-9-22(31)34-21-14-20-26(2,3)12-8-13-28(20,5)19-11-10-17(24(32)33-6)23-18-15-27(4)16-30(18)25(35-27)29(19,21)23/h17-21,23,25H,7-16H2,1-6H3/t17-,18+,19-,20+,21-,23+,25?,27-,28-,29-/m1/s1. The van der Waals surface area contributed by atoms with Crippen molar-refractivity contribution in [1.82, 2.24) is 4.90 Å². The van der Waals surface area contributed by atoms with Crippen molar-refractivity contribution < 1.29 is 23.8 Å². The highest BCUT2D eigenvalue weighted by molar-refractivity contribution is 5.74. The molecule has 0 aromatic carbocycles. The first kappa shape index (κ1) is 24.2. The van der Waals surface area contributed by atoms with Crippen LogP contribution in [-0.2, 0) is 23.8 Å². The Hall–Kier alpha value is -1.14. The Balaban J connectivity index is 1.54. The molecule has 35 heavy (non-hydrogen) atoms. The largest absolute Gasteiger partial charge is 0.469 e. The predicted octanol–water partition coefficient (Wildman–Crippen LogP) is 4.94. The lowest BCUT2D eigenvalue weighted by Crippen LogP contribution is -2.69. The van der Waals surface area contributed by atoms with Crippen molar-refractivity contribution >= 4 is 11.9 Å². The van der Waals surface area contributed by atoms with Crippen LogP contribution in [0.3, 0.4) is 0 Å². The molecule has 6 nitrogen and oxygen atoms in total. The maximum absolute atomic E-state index is 13.3. The van der Waals surface area contributed by atoms with E-state index in [4.69, 9.17) is 14.2 Å². The third kappa shape index (κ3) is 3.02. The molecule has 6 rings (SSSR count). The number of carbonyl (C=O) groups is 2. The second-order valence-corrected chi connectivity index (χ2v) is 14.0. The number of carbonyl (C=O) groups excluding carboxylic acids is 2. The zero-order chi connectivity index (χ0) is 25.0. The van der Waals surface area contributed by atoms with Crippen LogP contribution in [0.15, 0.2) is 0 Å². The maximum atomic E-state index is 13.3. The highest BCUT2D eigenvalue weighted by Crippen LogP contribution is 2.76. The van der Waals surface area contributed by atoms with Crippen molar-refractivity contribution in [2.75, 3.05) is 13.7 Å². The molecule has 6 aliphatic rings. The van der Waals surface area contributed by atoms with E-state index in [0.29, 0.717) is 24.3 Å². The van der Waals surface area contributed by atoms with E-state index >= 15 is 0 Å². The molecule has 0 aromatic rings. The van der Waals surface area contributed by atoms with Gasteiger partial charge in [0.2, 0.25) is 0 Å². The van der Waals surface area contributed by atoms with Gasteiger partial charge in [-0.05, 0) is 74.5 Å². The Kier molecular flexibility index (Phi) is 5.32. The Morgan fingerprint density at radius 2 is 1.86 bits per heavy atom. The van der Waals surface area contributed by atoms with Crippen LogP contribution in [0.4, 0.5) is 0 Å². The first-order chi connectivity index (χ1) is 16.5. The molecule has 2 bridgehead atoms. The summed E-state index contributed by atoms with van der Waals surface area (Å²) in [5.74, 6) is 0.662. The topological polar surface area (TPSA) is 65.1 Å². The van der Waals surface area contributed by atoms with Crippen molar-refractivity contribution in [2.45, 2.75) is 116 Å². The molecule has 0 radical (unpaired) electrons. The summed E-state index contributed by atoms with van der Waals surface area (Å²) in [5, 5.41) is 0. The molecule has 1 spiro atoms. The van der Waals surface area contributed by atoms with E-state index in [9.17, 15) is 9.59 Å². The van der Waals surface area contributed by atoms with Gasteiger partial charge < -0.3 is 14.2 Å². The van der Waals surface area contributed by atoms with E-state index in [1.807, 2.05) is 6.92 Å². The van der Waals surface area contributed by atoms with E-state index < -0.39 is 0 Å². The number of ether oxygens (including phenoxy) is 3. The van der Waals surface area contributed by atoms with Crippen LogP contribution in [0.1, 0.15) is 92.4 Å². The smallest absolute Gasteiger partial charge is 0.309 e. The van der Waals surface area contributed by atoms with E-state index in [2.05, 4.69) is 32.6 Å². The summed E-state index contributed by atoms with van der Waals surface area (Å²) in [7, 11) is 1.53. The van der Waals surface area contributed by atoms with Crippen LogP contribution < -0.4 is 0 Å². The molecule has 196 valence electrons. The molecule has 6 heteroatoms. The summed E-state index contributed by atoms with van der Waals surface area (Å²) in [4.78, 5) is 29.0. The van der Waals surface area contributed by atoms with Gasteiger partial charge in [-0.1, -0.05) is 34.1 Å². The first-order valence-electron chi connectivity index (χ1n) is 14.2. The monoisotopic (exact) mass is 487 g/mol. The van der Waals surface area contributed by atoms with Gasteiger partial charge in [0.1, 0.15) is 12.3 Å². The van der Waals surface area contributed by atoms with Crippen molar-refractivity contribution in [1.29, 1.82) is 0 Å². The van der Waals surface area contributed by atoms with E-state index in [1.54, 1.807) is 0 Å². The number of hydrogen-bond acceptors (Lipinski definition) is 6. The lowest BCUT2D eigenvalue weighted by molar-refractivity contribution is -0.268. The fraction of sp³-hybridized carbons (Fsp3) is 0.931.